The van der Waals surface area contributed by atoms with Gasteiger partial charge in [-0.2, -0.15) is 0 Å². The molecule has 4 nitrogen and oxygen atoms in total. The predicted octanol–water partition coefficient (Wildman–Crippen LogP) is 7.46. The molecule has 5 rings (SSSR count). The minimum absolute atomic E-state index is 0.366. The van der Waals surface area contributed by atoms with E-state index in [0.29, 0.717) is 35.6 Å². The lowest BCUT2D eigenvalue weighted by atomic mass is 9.41. The maximum Gasteiger partial charge on any atom is 0.159 e. The third-order valence-corrected chi connectivity index (χ3v) is 11.4. The Hall–Kier alpha value is -0.740. The standard InChI is InChI=1S/C32H52O4/c1-3-21-35-27-9-5-23(6-10-27)25-13-17-31(18-14-25)29(33)32(30(31)34)19-15-26(16-20-32)24-7-11-28(12-8-24)36-22-4-2/h23-28H,3-22H2,1-2H3/t23-,24-,25?,26?,27-,28-,31?,32?. The SMILES string of the molecule is CCCO[C@H]1CC[C@H](C2CCC3(CC2)C(=O)C2(CCC([C@H]4CC[C@H](OCCC)CC4)CC2)C3=O)CC1. The number of Topliss-reactive ketones (excluding diaryl/α,β-unsaturated/α-hetero) is 2. The molecule has 5 fully saturated rings. The van der Waals surface area contributed by atoms with Crippen LogP contribution >= 0.6 is 0 Å². The maximum atomic E-state index is 13.7. The fourth-order valence-corrected chi connectivity index (χ4v) is 9.20. The molecule has 0 aliphatic heterocycles. The van der Waals surface area contributed by atoms with Crippen molar-refractivity contribution in [1.29, 1.82) is 0 Å². The van der Waals surface area contributed by atoms with Crippen LogP contribution in [0.25, 0.3) is 0 Å². The Morgan fingerprint density at radius 3 is 1.14 bits per heavy atom. The van der Waals surface area contributed by atoms with Crippen LogP contribution in [0.1, 0.15) is 129 Å². The Kier molecular flexibility index (Phi) is 8.62. The van der Waals surface area contributed by atoms with Crippen LogP contribution in [0.2, 0.25) is 0 Å². The predicted molar refractivity (Wildman–Crippen MR) is 143 cm³/mol. The zero-order valence-electron chi connectivity index (χ0n) is 23.2. The summed E-state index contributed by atoms with van der Waals surface area (Å²) >= 11 is 0. The molecule has 0 heterocycles. The molecule has 0 aromatic heterocycles. The number of carbonyl (C=O) groups excluding carboxylic acids is 2. The van der Waals surface area contributed by atoms with E-state index in [4.69, 9.17) is 9.47 Å². The van der Waals surface area contributed by atoms with Crippen molar-refractivity contribution in [3.05, 3.63) is 0 Å². The Balaban J connectivity index is 1.07. The molecule has 0 aromatic rings. The first kappa shape index (κ1) is 26.9. The molecule has 2 spiro atoms. The van der Waals surface area contributed by atoms with Gasteiger partial charge in [-0.1, -0.05) is 13.8 Å². The summed E-state index contributed by atoms with van der Waals surface area (Å²) in [5.41, 5.74) is -1.17. The molecule has 5 aliphatic rings. The monoisotopic (exact) mass is 500 g/mol. The quantitative estimate of drug-likeness (QED) is 0.325. The minimum atomic E-state index is -0.584. The highest BCUT2D eigenvalue weighted by molar-refractivity contribution is 6.30. The summed E-state index contributed by atoms with van der Waals surface area (Å²) in [6, 6.07) is 0. The van der Waals surface area contributed by atoms with Gasteiger partial charge >= 0.3 is 0 Å². The van der Waals surface area contributed by atoms with Gasteiger partial charge in [0.1, 0.15) is 0 Å². The summed E-state index contributed by atoms with van der Waals surface area (Å²) in [4.78, 5) is 27.4. The van der Waals surface area contributed by atoms with Gasteiger partial charge in [-0.25, -0.2) is 0 Å². The van der Waals surface area contributed by atoms with Crippen LogP contribution in [0, 0.1) is 34.5 Å². The van der Waals surface area contributed by atoms with E-state index in [1.807, 2.05) is 0 Å². The molecule has 0 unspecified atom stereocenters. The molecule has 36 heavy (non-hydrogen) atoms. The van der Waals surface area contributed by atoms with E-state index in [0.717, 1.165) is 89.3 Å². The van der Waals surface area contributed by atoms with E-state index < -0.39 is 10.8 Å². The number of ether oxygens (including phenoxy) is 2. The molecule has 4 heteroatoms. The van der Waals surface area contributed by atoms with Crippen molar-refractivity contribution in [3.8, 4) is 0 Å². The van der Waals surface area contributed by atoms with Crippen molar-refractivity contribution in [2.45, 2.75) is 142 Å². The Morgan fingerprint density at radius 1 is 0.528 bits per heavy atom. The molecular formula is C32H52O4. The van der Waals surface area contributed by atoms with E-state index in [9.17, 15) is 9.59 Å². The van der Waals surface area contributed by atoms with Crippen LogP contribution in [0.5, 0.6) is 0 Å². The highest BCUT2D eigenvalue weighted by Gasteiger charge is 2.71. The van der Waals surface area contributed by atoms with Crippen LogP contribution < -0.4 is 0 Å². The highest BCUT2D eigenvalue weighted by Crippen LogP contribution is 2.62. The number of hydrogen-bond donors (Lipinski definition) is 0. The summed E-state index contributed by atoms with van der Waals surface area (Å²) in [6.07, 6.45) is 20.7. The van der Waals surface area contributed by atoms with Gasteiger partial charge in [0.05, 0.1) is 23.0 Å². The molecule has 0 saturated heterocycles. The van der Waals surface area contributed by atoms with Crippen molar-refractivity contribution in [2.24, 2.45) is 34.5 Å². The van der Waals surface area contributed by atoms with E-state index in [1.54, 1.807) is 0 Å². The normalized spacial score (nSPS) is 43.6. The molecule has 5 aliphatic carbocycles. The first-order valence-corrected chi connectivity index (χ1v) is 15.9. The van der Waals surface area contributed by atoms with E-state index >= 15 is 0 Å². The van der Waals surface area contributed by atoms with Crippen LogP contribution in [-0.4, -0.2) is 37.0 Å². The first-order chi connectivity index (χ1) is 17.5. The topological polar surface area (TPSA) is 52.6 Å². The third-order valence-electron chi connectivity index (χ3n) is 11.4. The lowest BCUT2D eigenvalue weighted by molar-refractivity contribution is -0.179. The smallest absolute Gasteiger partial charge is 0.159 e. The zero-order valence-corrected chi connectivity index (χ0v) is 23.2. The van der Waals surface area contributed by atoms with E-state index in [2.05, 4.69) is 13.8 Å². The van der Waals surface area contributed by atoms with E-state index in [-0.39, 0.29) is 0 Å². The molecule has 5 saturated carbocycles. The lowest BCUT2D eigenvalue weighted by Crippen LogP contribution is -2.68. The van der Waals surface area contributed by atoms with Gasteiger partial charge in [0.2, 0.25) is 0 Å². The van der Waals surface area contributed by atoms with Gasteiger partial charge in [0, 0.05) is 13.2 Å². The average molecular weight is 501 g/mol. The van der Waals surface area contributed by atoms with Crippen molar-refractivity contribution < 1.29 is 19.1 Å². The largest absolute Gasteiger partial charge is 0.378 e. The van der Waals surface area contributed by atoms with Crippen molar-refractivity contribution >= 4 is 11.6 Å². The average Bonchev–Trinajstić information content (AvgIpc) is 2.95. The Morgan fingerprint density at radius 2 is 0.833 bits per heavy atom. The molecule has 0 amide bonds. The van der Waals surface area contributed by atoms with Gasteiger partial charge in [-0.15, -0.1) is 0 Å². The second kappa shape index (κ2) is 11.6. The second-order valence-electron chi connectivity index (χ2n) is 13.3. The zero-order chi connectivity index (χ0) is 25.2. The van der Waals surface area contributed by atoms with Gasteiger partial charge in [-0.05, 0) is 139 Å². The number of ketones is 2. The molecule has 0 N–H and O–H groups in total. The van der Waals surface area contributed by atoms with Crippen molar-refractivity contribution in [1.82, 2.24) is 0 Å². The summed E-state index contributed by atoms with van der Waals surface area (Å²) < 4.78 is 12.0. The number of rotatable bonds is 8. The van der Waals surface area contributed by atoms with Crippen molar-refractivity contribution in [2.75, 3.05) is 13.2 Å². The van der Waals surface area contributed by atoms with Crippen LogP contribution in [0.15, 0.2) is 0 Å². The Bertz CT molecular complexity index is 662. The highest BCUT2D eigenvalue weighted by atomic mass is 16.5. The van der Waals surface area contributed by atoms with E-state index in [1.165, 1.54) is 51.4 Å². The molecular weight excluding hydrogens is 448 g/mol. The summed E-state index contributed by atoms with van der Waals surface area (Å²) in [7, 11) is 0. The summed E-state index contributed by atoms with van der Waals surface area (Å²) in [5, 5.41) is 0. The van der Waals surface area contributed by atoms with Crippen molar-refractivity contribution in [3.63, 3.8) is 0 Å². The molecule has 204 valence electrons. The molecule has 0 atom stereocenters. The third kappa shape index (κ3) is 4.99. The fourth-order valence-electron chi connectivity index (χ4n) is 9.20. The van der Waals surface area contributed by atoms with Crippen LogP contribution in [0.3, 0.4) is 0 Å². The maximum absolute atomic E-state index is 13.7. The fraction of sp³-hybridized carbons (Fsp3) is 0.938. The summed E-state index contributed by atoms with van der Waals surface area (Å²) in [6.45, 7) is 6.14. The minimum Gasteiger partial charge on any atom is -0.378 e. The van der Waals surface area contributed by atoms with Gasteiger partial charge in [0.15, 0.2) is 11.6 Å². The number of hydrogen-bond acceptors (Lipinski definition) is 4. The lowest BCUT2D eigenvalue weighted by Gasteiger charge is -2.58. The molecule has 0 aromatic carbocycles. The second-order valence-corrected chi connectivity index (χ2v) is 13.3. The molecule has 0 radical (unpaired) electrons. The summed E-state index contributed by atoms with van der Waals surface area (Å²) in [5.74, 6) is 3.72. The first-order valence-electron chi connectivity index (χ1n) is 15.9. The Labute approximate surface area is 220 Å². The van der Waals surface area contributed by atoms with Gasteiger partial charge in [-0.3, -0.25) is 9.59 Å². The van der Waals surface area contributed by atoms with Crippen LogP contribution in [-0.2, 0) is 19.1 Å². The van der Waals surface area contributed by atoms with Gasteiger partial charge in [0.25, 0.3) is 0 Å². The van der Waals surface area contributed by atoms with Gasteiger partial charge < -0.3 is 9.47 Å². The van der Waals surface area contributed by atoms with Crippen LogP contribution in [0.4, 0.5) is 0 Å². The molecule has 0 bridgehead atoms. The number of carbonyl (C=O) groups is 2.